The summed E-state index contributed by atoms with van der Waals surface area (Å²) in [4.78, 5) is 26.4. The van der Waals surface area contributed by atoms with Gasteiger partial charge in [-0.05, 0) is 50.4 Å². The predicted octanol–water partition coefficient (Wildman–Crippen LogP) is 2.32. The minimum Gasteiger partial charge on any atom is -0.507 e. The normalized spacial score (nSPS) is 14.8. The summed E-state index contributed by atoms with van der Waals surface area (Å²) < 4.78 is 26.4. The van der Waals surface area contributed by atoms with Gasteiger partial charge in [0.1, 0.15) is 5.75 Å². The predicted molar refractivity (Wildman–Crippen MR) is 117 cm³/mol. The van der Waals surface area contributed by atoms with Gasteiger partial charge in [0.2, 0.25) is 5.91 Å². The number of phenols is 1. The van der Waals surface area contributed by atoms with Crippen molar-refractivity contribution >= 4 is 17.5 Å². The molecule has 0 saturated carbocycles. The number of amides is 2. The first-order chi connectivity index (χ1) is 15.2. The molecule has 0 radical (unpaired) electrons. The number of hydrogen-bond acceptors (Lipinski definition) is 5. The van der Waals surface area contributed by atoms with Gasteiger partial charge >= 0.3 is 0 Å². The molecule has 1 fully saturated rings. The number of benzene rings is 2. The van der Waals surface area contributed by atoms with E-state index in [4.69, 9.17) is 5.73 Å². The molecule has 9 heteroatoms. The molecule has 0 atom stereocenters. The average molecular weight is 446 g/mol. The number of nitrogens with zero attached hydrogens (tertiary/aromatic N) is 1. The van der Waals surface area contributed by atoms with Crippen molar-refractivity contribution in [1.29, 1.82) is 0 Å². The first-order valence-corrected chi connectivity index (χ1v) is 10.5. The van der Waals surface area contributed by atoms with Gasteiger partial charge in [0.25, 0.3) is 5.91 Å². The van der Waals surface area contributed by atoms with E-state index in [-0.39, 0.29) is 23.7 Å². The number of carbonyl (C=O) groups excluding carboxylic acids is 2. The minimum absolute atomic E-state index is 0.201. The number of aromatic hydroxyl groups is 1. The van der Waals surface area contributed by atoms with Crippen LogP contribution in [0, 0.1) is 24.5 Å². The van der Waals surface area contributed by atoms with Gasteiger partial charge in [-0.1, -0.05) is 18.2 Å². The number of para-hydroxylation sites is 1. The number of nitrogens with one attached hydrogen (secondary N) is 2. The average Bonchev–Trinajstić information content (AvgIpc) is 2.77. The summed E-state index contributed by atoms with van der Waals surface area (Å²) in [5.74, 6) is -2.78. The van der Waals surface area contributed by atoms with Crippen molar-refractivity contribution in [3.63, 3.8) is 0 Å². The number of piperidine rings is 1. The molecule has 1 heterocycles. The maximum absolute atomic E-state index is 13.3. The Labute approximate surface area is 185 Å². The van der Waals surface area contributed by atoms with Crippen LogP contribution in [0.4, 0.5) is 14.5 Å². The lowest BCUT2D eigenvalue weighted by Crippen LogP contribution is -2.41. The van der Waals surface area contributed by atoms with Crippen LogP contribution in [0.2, 0.25) is 0 Å². The zero-order chi connectivity index (χ0) is 23.3. The van der Waals surface area contributed by atoms with E-state index >= 15 is 0 Å². The summed E-state index contributed by atoms with van der Waals surface area (Å²) >= 11 is 0. The lowest BCUT2D eigenvalue weighted by Gasteiger charge is -2.32. The summed E-state index contributed by atoms with van der Waals surface area (Å²) in [5.41, 5.74) is 6.89. The fraction of sp³-hybridized carbons (Fsp3) is 0.391. The van der Waals surface area contributed by atoms with E-state index in [1.165, 1.54) is 0 Å². The number of nitrogen functional groups attached to an aromatic ring is 1. The van der Waals surface area contributed by atoms with Crippen LogP contribution >= 0.6 is 0 Å². The Morgan fingerprint density at radius 1 is 1.16 bits per heavy atom. The van der Waals surface area contributed by atoms with E-state index in [2.05, 4.69) is 15.5 Å². The first kappa shape index (κ1) is 23.5. The van der Waals surface area contributed by atoms with Crippen LogP contribution in [0.1, 0.15) is 34.3 Å². The van der Waals surface area contributed by atoms with Gasteiger partial charge in [-0.15, -0.1) is 0 Å². The van der Waals surface area contributed by atoms with E-state index in [9.17, 15) is 23.5 Å². The fourth-order valence-corrected chi connectivity index (χ4v) is 3.77. The van der Waals surface area contributed by atoms with Gasteiger partial charge in [0.15, 0.2) is 11.6 Å². The van der Waals surface area contributed by atoms with E-state index in [0.29, 0.717) is 30.8 Å². The van der Waals surface area contributed by atoms with Crippen LogP contribution in [-0.2, 0) is 11.3 Å². The number of halogens is 2. The third-order valence-electron chi connectivity index (χ3n) is 5.76. The van der Waals surface area contributed by atoms with E-state index < -0.39 is 17.5 Å². The molecule has 1 saturated heterocycles. The molecule has 172 valence electrons. The third kappa shape index (κ3) is 5.94. The molecule has 1 aliphatic rings. The highest BCUT2D eigenvalue weighted by molar-refractivity contribution is 6.00. The quantitative estimate of drug-likeness (QED) is 0.489. The van der Waals surface area contributed by atoms with Gasteiger partial charge in [0, 0.05) is 30.4 Å². The Balaban J connectivity index is 1.38. The molecule has 2 aromatic rings. The molecule has 2 aromatic carbocycles. The molecule has 5 N–H and O–H groups in total. The van der Waals surface area contributed by atoms with Crippen LogP contribution < -0.4 is 16.4 Å². The van der Waals surface area contributed by atoms with Crippen LogP contribution in [0.5, 0.6) is 5.75 Å². The molecule has 1 aliphatic heterocycles. The van der Waals surface area contributed by atoms with Gasteiger partial charge < -0.3 is 21.5 Å². The largest absolute Gasteiger partial charge is 0.507 e. The van der Waals surface area contributed by atoms with Crippen molar-refractivity contribution in [3.05, 3.63) is 58.7 Å². The maximum Gasteiger partial charge on any atom is 0.253 e. The summed E-state index contributed by atoms with van der Waals surface area (Å²) in [6, 6.07) is 7.19. The van der Waals surface area contributed by atoms with Crippen molar-refractivity contribution in [2.24, 2.45) is 5.92 Å². The highest BCUT2D eigenvalue weighted by Gasteiger charge is 2.21. The first-order valence-electron chi connectivity index (χ1n) is 10.5. The van der Waals surface area contributed by atoms with Crippen LogP contribution in [0.3, 0.4) is 0 Å². The summed E-state index contributed by atoms with van der Waals surface area (Å²) in [7, 11) is 0. The standard InChI is InChI=1S/C23H28F2N4O3/c1-14-3-2-4-16(22(14)31)13-29-7-5-15(6-8-29)11-27-21(30)12-28-23(32)17-9-18(24)19(25)10-20(17)26/h2-4,9-10,15,31H,5-8,11-13,26H2,1H3,(H,27,30)(H,28,32). The molecule has 0 spiro atoms. The van der Waals surface area contributed by atoms with Gasteiger partial charge in [-0.25, -0.2) is 8.78 Å². The van der Waals surface area contributed by atoms with Gasteiger partial charge in [0.05, 0.1) is 12.1 Å². The zero-order valence-electron chi connectivity index (χ0n) is 18.0. The second-order valence-electron chi connectivity index (χ2n) is 8.14. The molecule has 0 unspecified atom stereocenters. The van der Waals surface area contributed by atoms with Crippen molar-refractivity contribution in [1.82, 2.24) is 15.5 Å². The topological polar surface area (TPSA) is 108 Å². The van der Waals surface area contributed by atoms with Crippen molar-refractivity contribution in [2.45, 2.75) is 26.3 Å². The highest BCUT2D eigenvalue weighted by Crippen LogP contribution is 2.25. The maximum atomic E-state index is 13.3. The van der Waals surface area contributed by atoms with Gasteiger partial charge in [-0.3, -0.25) is 14.5 Å². The van der Waals surface area contributed by atoms with E-state index in [1.54, 1.807) is 0 Å². The Kier molecular flexibility index (Phi) is 7.63. The Morgan fingerprint density at radius 3 is 2.56 bits per heavy atom. The van der Waals surface area contributed by atoms with Crippen molar-refractivity contribution in [3.8, 4) is 5.75 Å². The van der Waals surface area contributed by atoms with Crippen LogP contribution in [-0.4, -0.2) is 48.0 Å². The number of phenolic OH excluding ortho intramolecular Hbond substituents is 1. The molecule has 3 rings (SSSR count). The highest BCUT2D eigenvalue weighted by atomic mass is 19.2. The second-order valence-corrected chi connectivity index (χ2v) is 8.14. The number of likely N-dealkylation sites (tertiary alicyclic amines) is 1. The molecule has 2 amide bonds. The van der Waals surface area contributed by atoms with Gasteiger partial charge in [-0.2, -0.15) is 0 Å². The number of nitrogens with two attached hydrogens (primary N) is 1. The Morgan fingerprint density at radius 2 is 1.84 bits per heavy atom. The molecule has 32 heavy (non-hydrogen) atoms. The second kappa shape index (κ2) is 10.4. The van der Waals surface area contributed by atoms with Crippen molar-refractivity contribution < 1.29 is 23.5 Å². The molecular weight excluding hydrogens is 418 g/mol. The lowest BCUT2D eigenvalue weighted by atomic mass is 9.96. The number of rotatable bonds is 7. The molecule has 0 aromatic heterocycles. The SMILES string of the molecule is Cc1cccc(CN2CCC(CNC(=O)CNC(=O)c3cc(F)c(F)cc3N)CC2)c1O. The monoisotopic (exact) mass is 446 g/mol. The summed E-state index contributed by atoms with van der Waals surface area (Å²) in [6.07, 6.45) is 1.81. The molecule has 7 nitrogen and oxygen atoms in total. The molecule has 0 aliphatic carbocycles. The zero-order valence-corrected chi connectivity index (χ0v) is 18.0. The number of anilines is 1. The lowest BCUT2D eigenvalue weighted by molar-refractivity contribution is -0.120. The number of aryl methyl sites for hydroxylation is 1. The smallest absolute Gasteiger partial charge is 0.253 e. The number of carbonyl (C=O) groups is 2. The fourth-order valence-electron chi connectivity index (χ4n) is 3.77. The van der Waals surface area contributed by atoms with E-state index in [1.807, 2.05) is 25.1 Å². The van der Waals surface area contributed by atoms with Crippen LogP contribution in [0.15, 0.2) is 30.3 Å². The number of hydrogen-bond donors (Lipinski definition) is 4. The molecular formula is C23H28F2N4O3. The summed E-state index contributed by atoms with van der Waals surface area (Å²) in [6.45, 7) is 4.49. The Hall–Kier alpha value is -3.20. The Bertz CT molecular complexity index is 991. The van der Waals surface area contributed by atoms with E-state index in [0.717, 1.165) is 43.1 Å². The molecule has 0 bridgehead atoms. The van der Waals surface area contributed by atoms with Crippen molar-refractivity contribution in [2.75, 3.05) is 31.9 Å². The third-order valence-corrected chi connectivity index (χ3v) is 5.76. The van der Waals surface area contributed by atoms with Crippen LogP contribution in [0.25, 0.3) is 0 Å². The summed E-state index contributed by atoms with van der Waals surface area (Å²) in [5, 5.41) is 15.3. The minimum atomic E-state index is -1.18.